The zero-order valence-electron chi connectivity index (χ0n) is 9.71. The van der Waals surface area contributed by atoms with Gasteiger partial charge in [-0.15, -0.1) is 0 Å². The fraction of sp³-hybridized carbons (Fsp3) is 1.00. The largest absolute Gasteiger partial charge is 0.381 e. The highest BCUT2D eigenvalue weighted by atomic mass is 16.5. The van der Waals surface area contributed by atoms with Gasteiger partial charge in [0.2, 0.25) is 0 Å². The van der Waals surface area contributed by atoms with Gasteiger partial charge in [0.25, 0.3) is 0 Å². The van der Waals surface area contributed by atoms with Gasteiger partial charge in [0.15, 0.2) is 0 Å². The van der Waals surface area contributed by atoms with Crippen LogP contribution in [-0.4, -0.2) is 50.8 Å². The maximum absolute atomic E-state index is 5.36. The van der Waals surface area contributed by atoms with Gasteiger partial charge >= 0.3 is 0 Å². The molecule has 3 heteroatoms. The lowest BCUT2D eigenvalue weighted by Gasteiger charge is -2.15. The topological polar surface area (TPSA) is 24.5 Å². The maximum atomic E-state index is 5.36. The highest BCUT2D eigenvalue weighted by molar-refractivity contribution is 4.68. The van der Waals surface area contributed by atoms with Crippen LogP contribution in [0.2, 0.25) is 0 Å². The third kappa shape index (κ3) is 4.09. The molecule has 2 aliphatic heterocycles. The second-order valence-corrected chi connectivity index (χ2v) is 4.82. The Kier molecular flexibility index (Phi) is 4.90. The van der Waals surface area contributed by atoms with Crippen LogP contribution in [0.25, 0.3) is 0 Å². The van der Waals surface area contributed by atoms with E-state index in [1.807, 2.05) is 0 Å². The molecular weight excluding hydrogens is 188 g/mol. The van der Waals surface area contributed by atoms with Crippen molar-refractivity contribution in [2.75, 3.05) is 45.9 Å². The zero-order chi connectivity index (χ0) is 10.3. The van der Waals surface area contributed by atoms with E-state index in [9.17, 15) is 0 Å². The van der Waals surface area contributed by atoms with Crippen molar-refractivity contribution in [3.05, 3.63) is 0 Å². The first-order chi connectivity index (χ1) is 7.45. The Morgan fingerprint density at radius 1 is 1.20 bits per heavy atom. The molecule has 3 nitrogen and oxygen atoms in total. The summed E-state index contributed by atoms with van der Waals surface area (Å²) in [6.07, 6.45) is 5.37. The fourth-order valence-electron chi connectivity index (χ4n) is 2.49. The molecule has 2 fully saturated rings. The Bertz CT molecular complexity index is 145. The summed E-state index contributed by atoms with van der Waals surface area (Å²) < 4.78 is 5.36. The summed E-state index contributed by atoms with van der Waals surface area (Å²) in [5.41, 5.74) is 0. The average Bonchev–Trinajstić information content (AvgIpc) is 2.88. The van der Waals surface area contributed by atoms with E-state index in [0.29, 0.717) is 0 Å². The van der Waals surface area contributed by atoms with Gasteiger partial charge in [-0.1, -0.05) is 0 Å². The summed E-state index contributed by atoms with van der Waals surface area (Å²) in [5, 5.41) is 3.54. The van der Waals surface area contributed by atoms with E-state index in [0.717, 1.165) is 25.7 Å². The van der Waals surface area contributed by atoms with Crippen molar-refractivity contribution in [2.24, 2.45) is 5.92 Å². The SMILES string of the molecule is C1CCN(CCNCCC2CCOC2)C1. The standard InChI is InChI=1S/C12H24N2O/c1-2-8-14(7-1)9-6-13-5-3-12-4-10-15-11-12/h12-13H,1-11H2. The highest BCUT2D eigenvalue weighted by Gasteiger charge is 2.14. The molecule has 0 radical (unpaired) electrons. The third-order valence-electron chi connectivity index (χ3n) is 3.56. The molecule has 0 aromatic carbocycles. The number of likely N-dealkylation sites (tertiary alicyclic amines) is 1. The van der Waals surface area contributed by atoms with Gasteiger partial charge in [-0.3, -0.25) is 0 Å². The van der Waals surface area contributed by atoms with Crippen molar-refractivity contribution in [3.63, 3.8) is 0 Å². The normalized spacial score (nSPS) is 27.6. The van der Waals surface area contributed by atoms with Crippen LogP contribution in [-0.2, 0) is 4.74 Å². The van der Waals surface area contributed by atoms with Gasteiger partial charge in [-0.2, -0.15) is 0 Å². The van der Waals surface area contributed by atoms with Crippen LogP contribution >= 0.6 is 0 Å². The highest BCUT2D eigenvalue weighted by Crippen LogP contribution is 2.15. The van der Waals surface area contributed by atoms with Gasteiger partial charge in [-0.25, -0.2) is 0 Å². The van der Waals surface area contributed by atoms with Gasteiger partial charge < -0.3 is 15.0 Å². The van der Waals surface area contributed by atoms with Crippen LogP contribution in [0.15, 0.2) is 0 Å². The van der Waals surface area contributed by atoms with E-state index >= 15 is 0 Å². The van der Waals surface area contributed by atoms with Gasteiger partial charge in [0, 0.05) is 26.3 Å². The molecule has 0 amide bonds. The number of nitrogens with one attached hydrogen (secondary N) is 1. The molecule has 2 aliphatic rings. The summed E-state index contributed by atoms with van der Waals surface area (Å²) in [4.78, 5) is 2.56. The van der Waals surface area contributed by atoms with Crippen LogP contribution in [0.5, 0.6) is 0 Å². The number of rotatable bonds is 6. The Morgan fingerprint density at radius 2 is 2.07 bits per heavy atom. The second-order valence-electron chi connectivity index (χ2n) is 4.82. The van der Waals surface area contributed by atoms with E-state index in [1.54, 1.807) is 0 Å². The Morgan fingerprint density at radius 3 is 2.80 bits per heavy atom. The molecule has 1 N–H and O–H groups in total. The molecule has 2 saturated heterocycles. The van der Waals surface area contributed by atoms with Crippen LogP contribution < -0.4 is 5.32 Å². The first-order valence-electron chi connectivity index (χ1n) is 6.46. The van der Waals surface area contributed by atoms with Crippen molar-refractivity contribution in [2.45, 2.75) is 25.7 Å². The molecule has 0 aromatic heterocycles. The Labute approximate surface area is 93.2 Å². The lowest BCUT2D eigenvalue weighted by Crippen LogP contribution is -2.31. The first-order valence-corrected chi connectivity index (χ1v) is 6.46. The molecular formula is C12H24N2O. The molecule has 2 rings (SSSR count). The van der Waals surface area contributed by atoms with E-state index < -0.39 is 0 Å². The van der Waals surface area contributed by atoms with Crippen molar-refractivity contribution >= 4 is 0 Å². The van der Waals surface area contributed by atoms with Gasteiger partial charge in [0.1, 0.15) is 0 Å². The summed E-state index contributed by atoms with van der Waals surface area (Å²) in [6, 6.07) is 0. The lowest BCUT2D eigenvalue weighted by atomic mass is 10.1. The molecule has 0 bridgehead atoms. The minimum Gasteiger partial charge on any atom is -0.381 e. The monoisotopic (exact) mass is 212 g/mol. The fourth-order valence-corrected chi connectivity index (χ4v) is 2.49. The smallest absolute Gasteiger partial charge is 0.0495 e. The number of hydrogen-bond acceptors (Lipinski definition) is 3. The predicted octanol–water partition coefficient (Wildman–Crippen LogP) is 1.10. The summed E-state index contributed by atoms with van der Waals surface area (Å²) in [5.74, 6) is 0.823. The predicted molar refractivity (Wildman–Crippen MR) is 62.1 cm³/mol. The Balaban J connectivity index is 1.41. The molecule has 15 heavy (non-hydrogen) atoms. The minimum absolute atomic E-state index is 0.823. The molecule has 2 heterocycles. The minimum atomic E-state index is 0.823. The van der Waals surface area contributed by atoms with Crippen LogP contribution in [0.1, 0.15) is 25.7 Å². The summed E-state index contributed by atoms with van der Waals surface area (Å²) in [7, 11) is 0. The molecule has 88 valence electrons. The molecule has 0 aliphatic carbocycles. The van der Waals surface area contributed by atoms with Crippen LogP contribution in [0, 0.1) is 5.92 Å². The molecule has 0 saturated carbocycles. The molecule has 0 spiro atoms. The van der Waals surface area contributed by atoms with Crippen LogP contribution in [0.3, 0.4) is 0 Å². The number of nitrogens with zero attached hydrogens (tertiary/aromatic N) is 1. The zero-order valence-corrected chi connectivity index (χ0v) is 9.71. The third-order valence-corrected chi connectivity index (χ3v) is 3.56. The Hall–Kier alpha value is -0.120. The second kappa shape index (κ2) is 6.46. The van der Waals surface area contributed by atoms with E-state index in [2.05, 4.69) is 10.2 Å². The van der Waals surface area contributed by atoms with E-state index in [-0.39, 0.29) is 0 Å². The van der Waals surface area contributed by atoms with Crippen molar-refractivity contribution in [1.82, 2.24) is 10.2 Å². The maximum Gasteiger partial charge on any atom is 0.0495 e. The van der Waals surface area contributed by atoms with Gasteiger partial charge in [0.05, 0.1) is 0 Å². The van der Waals surface area contributed by atoms with Gasteiger partial charge in [-0.05, 0) is 51.2 Å². The van der Waals surface area contributed by atoms with Crippen LogP contribution in [0.4, 0.5) is 0 Å². The van der Waals surface area contributed by atoms with E-state index in [4.69, 9.17) is 4.74 Å². The molecule has 1 atom stereocenters. The quantitative estimate of drug-likeness (QED) is 0.667. The lowest BCUT2D eigenvalue weighted by molar-refractivity contribution is 0.184. The molecule has 1 unspecified atom stereocenters. The summed E-state index contributed by atoms with van der Waals surface area (Å²) in [6.45, 7) is 8.18. The molecule has 0 aromatic rings. The average molecular weight is 212 g/mol. The summed E-state index contributed by atoms with van der Waals surface area (Å²) >= 11 is 0. The number of ether oxygens (including phenoxy) is 1. The van der Waals surface area contributed by atoms with Crippen molar-refractivity contribution in [3.8, 4) is 0 Å². The number of hydrogen-bond donors (Lipinski definition) is 1. The van der Waals surface area contributed by atoms with E-state index in [1.165, 1.54) is 51.9 Å². The van der Waals surface area contributed by atoms with Crippen molar-refractivity contribution < 1.29 is 4.74 Å². The first kappa shape index (κ1) is 11.4. The van der Waals surface area contributed by atoms with Crippen molar-refractivity contribution in [1.29, 1.82) is 0 Å².